The van der Waals surface area contributed by atoms with Gasteiger partial charge in [-0.25, -0.2) is 0 Å². The Morgan fingerprint density at radius 3 is 2.89 bits per heavy atom. The van der Waals surface area contributed by atoms with Crippen molar-refractivity contribution >= 4 is 11.5 Å². The Bertz CT molecular complexity index is 396. The molecule has 19 heavy (non-hydrogen) atoms. The summed E-state index contributed by atoms with van der Waals surface area (Å²) in [6.07, 6.45) is 4.75. The summed E-state index contributed by atoms with van der Waals surface area (Å²) < 4.78 is 9.77. The van der Waals surface area contributed by atoms with Crippen molar-refractivity contribution in [2.45, 2.75) is 64.0 Å². The molecule has 2 rings (SSSR count). The van der Waals surface area contributed by atoms with Gasteiger partial charge in [-0.1, -0.05) is 25.3 Å². The topological polar surface area (TPSA) is 73.1 Å². The van der Waals surface area contributed by atoms with Crippen molar-refractivity contribution in [2.75, 3.05) is 6.61 Å². The minimum absolute atomic E-state index is 0.00128. The molecule has 0 radical (unpaired) electrons. The lowest BCUT2D eigenvalue weighted by molar-refractivity contribution is 0.0996. The van der Waals surface area contributed by atoms with Crippen molar-refractivity contribution in [3.63, 3.8) is 0 Å². The van der Waals surface area contributed by atoms with E-state index in [1.165, 1.54) is 24.4 Å². The molecule has 0 saturated carbocycles. The quantitative estimate of drug-likeness (QED) is 0.641. The molecular formula is C13H24N4OS. The standard InChI is InChI=1S/C13H24N4OS/c1-13(2,3)12-11(19-17-16-12)10(15-14)7-6-9-5-4-8-18-9/h9-10,15H,4-8,14H2,1-3H3. The molecule has 3 N–H and O–H groups in total. The summed E-state index contributed by atoms with van der Waals surface area (Å²) in [5.41, 5.74) is 3.97. The van der Waals surface area contributed by atoms with E-state index in [2.05, 4.69) is 35.8 Å². The average molecular weight is 284 g/mol. The zero-order valence-electron chi connectivity index (χ0n) is 12.0. The number of aromatic nitrogens is 2. The van der Waals surface area contributed by atoms with Crippen LogP contribution in [0.3, 0.4) is 0 Å². The molecule has 0 spiro atoms. The molecule has 0 aromatic carbocycles. The summed E-state index contributed by atoms with van der Waals surface area (Å²) in [6.45, 7) is 7.36. The van der Waals surface area contributed by atoms with Crippen LogP contribution < -0.4 is 11.3 Å². The molecule has 6 heteroatoms. The van der Waals surface area contributed by atoms with Gasteiger partial charge >= 0.3 is 0 Å². The highest BCUT2D eigenvalue weighted by Gasteiger charge is 2.27. The fourth-order valence-corrected chi connectivity index (χ4v) is 3.42. The van der Waals surface area contributed by atoms with E-state index < -0.39 is 0 Å². The number of hydrogen-bond donors (Lipinski definition) is 2. The first kappa shape index (κ1) is 14.8. The smallest absolute Gasteiger partial charge is 0.0857 e. The molecule has 0 amide bonds. The van der Waals surface area contributed by atoms with Crippen LogP contribution in [0.2, 0.25) is 0 Å². The fraction of sp³-hybridized carbons (Fsp3) is 0.846. The van der Waals surface area contributed by atoms with Gasteiger partial charge in [-0.2, -0.15) is 0 Å². The third-order valence-electron chi connectivity index (χ3n) is 3.54. The number of nitrogens with two attached hydrogens (primary N) is 1. The maximum atomic E-state index is 5.72. The van der Waals surface area contributed by atoms with Crippen LogP contribution in [0.4, 0.5) is 0 Å². The molecule has 0 aliphatic carbocycles. The zero-order chi connectivity index (χ0) is 13.9. The van der Waals surface area contributed by atoms with E-state index in [9.17, 15) is 0 Å². The third-order valence-corrected chi connectivity index (χ3v) is 4.38. The van der Waals surface area contributed by atoms with Gasteiger partial charge in [0, 0.05) is 12.0 Å². The predicted molar refractivity (Wildman–Crippen MR) is 76.9 cm³/mol. The van der Waals surface area contributed by atoms with E-state index in [4.69, 9.17) is 10.6 Å². The number of nitrogens with zero attached hydrogens (tertiary/aromatic N) is 2. The second-order valence-corrected chi connectivity index (χ2v) is 6.95. The molecule has 1 aliphatic rings. The molecule has 1 aliphatic heterocycles. The van der Waals surface area contributed by atoms with E-state index in [0.717, 1.165) is 30.0 Å². The van der Waals surface area contributed by atoms with Crippen molar-refractivity contribution in [2.24, 2.45) is 5.84 Å². The van der Waals surface area contributed by atoms with Crippen molar-refractivity contribution in [1.29, 1.82) is 0 Å². The van der Waals surface area contributed by atoms with Crippen LogP contribution in [-0.2, 0) is 10.2 Å². The Morgan fingerprint density at radius 1 is 1.53 bits per heavy atom. The molecule has 2 atom stereocenters. The lowest BCUT2D eigenvalue weighted by Gasteiger charge is -2.22. The van der Waals surface area contributed by atoms with Crippen molar-refractivity contribution in [1.82, 2.24) is 15.0 Å². The highest BCUT2D eigenvalue weighted by molar-refractivity contribution is 7.05. The largest absolute Gasteiger partial charge is 0.378 e. The van der Waals surface area contributed by atoms with Gasteiger partial charge in [-0.3, -0.25) is 11.3 Å². The van der Waals surface area contributed by atoms with Gasteiger partial charge in [0.25, 0.3) is 0 Å². The summed E-state index contributed by atoms with van der Waals surface area (Å²) in [5, 5.41) is 4.28. The zero-order valence-corrected chi connectivity index (χ0v) is 12.8. The van der Waals surface area contributed by atoms with Crippen molar-refractivity contribution in [3.05, 3.63) is 10.6 Å². The summed E-state index contributed by atoms with van der Waals surface area (Å²) >= 11 is 1.45. The molecule has 1 saturated heterocycles. The molecular weight excluding hydrogens is 260 g/mol. The normalized spacial score (nSPS) is 21.8. The molecule has 2 heterocycles. The van der Waals surface area contributed by atoms with Crippen molar-refractivity contribution < 1.29 is 4.74 Å². The van der Waals surface area contributed by atoms with Gasteiger partial charge in [-0.05, 0) is 37.2 Å². The maximum absolute atomic E-state index is 5.72. The Morgan fingerprint density at radius 2 is 2.32 bits per heavy atom. The second-order valence-electron chi connectivity index (χ2n) is 6.17. The van der Waals surface area contributed by atoms with E-state index in [0.29, 0.717) is 6.10 Å². The van der Waals surface area contributed by atoms with E-state index in [1.807, 2.05) is 0 Å². The highest BCUT2D eigenvalue weighted by Crippen LogP contribution is 2.33. The number of hydrogen-bond acceptors (Lipinski definition) is 6. The summed E-state index contributed by atoms with van der Waals surface area (Å²) in [4.78, 5) is 1.16. The van der Waals surface area contributed by atoms with Crippen LogP contribution in [0, 0.1) is 0 Å². The minimum atomic E-state index is 0.00128. The van der Waals surface area contributed by atoms with Crippen molar-refractivity contribution in [3.8, 4) is 0 Å². The van der Waals surface area contributed by atoms with Gasteiger partial charge in [0.2, 0.25) is 0 Å². The van der Waals surface area contributed by atoms with Crippen LogP contribution in [-0.4, -0.2) is 22.3 Å². The number of rotatable bonds is 5. The lowest BCUT2D eigenvalue weighted by Crippen LogP contribution is -2.30. The third kappa shape index (κ3) is 3.72. The Hall–Kier alpha value is -0.560. The number of nitrogens with one attached hydrogen (secondary N) is 1. The summed E-state index contributed by atoms with van der Waals surface area (Å²) in [7, 11) is 0. The molecule has 108 valence electrons. The first-order chi connectivity index (χ1) is 9.02. The lowest BCUT2D eigenvalue weighted by atomic mass is 9.89. The summed E-state index contributed by atoms with van der Waals surface area (Å²) in [6, 6.07) is 0.124. The number of hydrazine groups is 1. The molecule has 1 aromatic rings. The second kappa shape index (κ2) is 6.26. The minimum Gasteiger partial charge on any atom is -0.378 e. The van der Waals surface area contributed by atoms with Gasteiger partial charge in [0.05, 0.1) is 22.7 Å². The van der Waals surface area contributed by atoms with Crippen LogP contribution >= 0.6 is 11.5 Å². The van der Waals surface area contributed by atoms with Crippen LogP contribution in [0.15, 0.2) is 0 Å². The Balaban J connectivity index is 2.02. The van der Waals surface area contributed by atoms with Crippen LogP contribution in [0.1, 0.15) is 63.1 Å². The average Bonchev–Trinajstić information content (AvgIpc) is 2.98. The Labute approximate surface area is 119 Å². The maximum Gasteiger partial charge on any atom is 0.0857 e. The monoisotopic (exact) mass is 284 g/mol. The first-order valence-corrected chi connectivity index (χ1v) is 7.70. The van der Waals surface area contributed by atoms with Gasteiger partial charge in [0.1, 0.15) is 0 Å². The molecule has 5 nitrogen and oxygen atoms in total. The fourth-order valence-electron chi connectivity index (χ4n) is 2.46. The van der Waals surface area contributed by atoms with E-state index in [-0.39, 0.29) is 11.5 Å². The van der Waals surface area contributed by atoms with E-state index >= 15 is 0 Å². The molecule has 1 fully saturated rings. The number of ether oxygens (including phenoxy) is 1. The van der Waals surface area contributed by atoms with Gasteiger partial charge in [-0.15, -0.1) is 5.10 Å². The molecule has 1 aromatic heterocycles. The Kier molecular flexibility index (Phi) is 4.89. The molecule has 2 unspecified atom stereocenters. The van der Waals surface area contributed by atoms with Gasteiger partial charge in [0.15, 0.2) is 0 Å². The predicted octanol–water partition coefficient (Wildman–Crippen LogP) is 2.30. The van der Waals surface area contributed by atoms with Crippen LogP contribution in [0.25, 0.3) is 0 Å². The summed E-state index contributed by atoms with van der Waals surface area (Å²) in [5.74, 6) is 5.72. The van der Waals surface area contributed by atoms with E-state index in [1.54, 1.807) is 0 Å². The van der Waals surface area contributed by atoms with Gasteiger partial charge < -0.3 is 4.74 Å². The molecule has 0 bridgehead atoms. The SMILES string of the molecule is CC(C)(C)c1nnsc1C(CCC1CCCO1)NN. The first-order valence-electron chi connectivity index (χ1n) is 6.93. The van der Waals surface area contributed by atoms with Crippen LogP contribution in [0.5, 0.6) is 0 Å². The highest BCUT2D eigenvalue weighted by atomic mass is 32.1.